The summed E-state index contributed by atoms with van der Waals surface area (Å²) >= 11 is 0. The Balaban J connectivity index is 4.43. The predicted octanol–water partition coefficient (Wildman–Crippen LogP) is -1.36. The van der Waals surface area contributed by atoms with Crippen LogP contribution in [0, 0.1) is 0 Å². The van der Waals surface area contributed by atoms with Gasteiger partial charge in [0.2, 0.25) is 10.0 Å². The minimum Gasteiger partial charge on any atom is -0.327 e. The average molecular weight is 258 g/mol. The lowest BCUT2D eigenvalue weighted by molar-refractivity contribution is 0.446. The summed E-state index contributed by atoms with van der Waals surface area (Å²) in [5.41, 5.74) is 5.45. The van der Waals surface area contributed by atoms with Crippen molar-refractivity contribution in [3.8, 4) is 0 Å². The SMILES string of the molecule is CC(N)CN(C)S(=O)(=O)CCS(C)(=O)=O. The standard InChI is InChI=1S/C7H18N2O4S2/c1-7(8)6-9(2)15(12,13)5-4-14(3,10)11/h7H,4-6,8H2,1-3H3. The number of hydrogen-bond donors (Lipinski definition) is 1. The Bertz CT molecular complexity index is 385. The van der Waals surface area contributed by atoms with Crippen LogP contribution in [-0.2, 0) is 19.9 Å². The molecule has 0 aliphatic rings. The van der Waals surface area contributed by atoms with E-state index in [2.05, 4.69) is 0 Å². The Kier molecular flexibility index (Phi) is 5.18. The van der Waals surface area contributed by atoms with Crippen LogP contribution in [0.2, 0.25) is 0 Å². The summed E-state index contributed by atoms with van der Waals surface area (Å²) in [5.74, 6) is -0.756. The van der Waals surface area contributed by atoms with Crippen LogP contribution in [0.5, 0.6) is 0 Å². The first-order chi connectivity index (χ1) is 6.54. The van der Waals surface area contributed by atoms with Crippen molar-refractivity contribution in [3.05, 3.63) is 0 Å². The predicted molar refractivity (Wildman–Crippen MR) is 59.8 cm³/mol. The number of nitrogens with zero attached hydrogens (tertiary/aromatic N) is 1. The molecule has 0 amide bonds. The minimum absolute atomic E-state index is 0.187. The number of sulfone groups is 1. The molecule has 8 heteroatoms. The minimum atomic E-state index is -3.51. The quantitative estimate of drug-likeness (QED) is 0.634. The summed E-state index contributed by atoms with van der Waals surface area (Å²) in [5, 5.41) is 0. The van der Waals surface area contributed by atoms with Gasteiger partial charge in [-0.25, -0.2) is 21.1 Å². The van der Waals surface area contributed by atoms with E-state index in [1.54, 1.807) is 6.92 Å². The van der Waals surface area contributed by atoms with Crippen molar-refractivity contribution in [2.75, 3.05) is 31.4 Å². The van der Waals surface area contributed by atoms with Crippen molar-refractivity contribution in [1.29, 1.82) is 0 Å². The summed E-state index contributed by atoms with van der Waals surface area (Å²) in [6.07, 6.45) is 1.01. The van der Waals surface area contributed by atoms with Crippen molar-refractivity contribution in [1.82, 2.24) is 4.31 Å². The fourth-order valence-corrected chi connectivity index (χ4v) is 3.76. The number of hydrogen-bond acceptors (Lipinski definition) is 5. The number of likely N-dealkylation sites (N-methyl/N-ethyl adjacent to an activating group) is 1. The summed E-state index contributed by atoms with van der Waals surface area (Å²) in [6, 6.07) is -0.275. The van der Waals surface area contributed by atoms with Crippen LogP contribution in [0.4, 0.5) is 0 Å². The van der Waals surface area contributed by atoms with Crippen LogP contribution < -0.4 is 5.73 Å². The highest BCUT2D eigenvalue weighted by atomic mass is 32.2. The first-order valence-electron chi connectivity index (χ1n) is 4.42. The van der Waals surface area contributed by atoms with Gasteiger partial charge in [-0.3, -0.25) is 0 Å². The van der Waals surface area contributed by atoms with Gasteiger partial charge in [0, 0.05) is 25.9 Å². The van der Waals surface area contributed by atoms with Gasteiger partial charge in [-0.05, 0) is 6.92 Å². The molecule has 0 aliphatic carbocycles. The zero-order valence-electron chi connectivity index (χ0n) is 9.17. The second-order valence-corrected chi connectivity index (χ2v) is 8.16. The molecule has 0 bridgehead atoms. The lowest BCUT2D eigenvalue weighted by atomic mass is 10.4. The molecule has 1 atom stereocenters. The lowest BCUT2D eigenvalue weighted by Gasteiger charge is -2.18. The third-order valence-corrected chi connectivity index (χ3v) is 4.75. The summed E-state index contributed by atoms with van der Waals surface area (Å²) in [7, 11) is -5.38. The van der Waals surface area contributed by atoms with Crippen LogP contribution >= 0.6 is 0 Å². The van der Waals surface area contributed by atoms with Crippen molar-refractivity contribution in [2.45, 2.75) is 13.0 Å². The van der Waals surface area contributed by atoms with Gasteiger partial charge < -0.3 is 5.73 Å². The first kappa shape index (κ1) is 14.8. The van der Waals surface area contributed by atoms with Gasteiger partial charge in [0.25, 0.3) is 0 Å². The van der Waals surface area contributed by atoms with E-state index in [9.17, 15) is 16.8 Å². The topological polar surface area (TPSA) is 97.5 Å². The van der Waals surface area contributed by atoms with Crippen molar-refractivity contribution < 1.29 is 16.8 Å². The summed E-state index contributed by atoms with van der Waals surface area (Å²) in [6.45, 7) is 1.87. The largest absolute Gasteiger partial charge is 0.327 e. The molecule has 0 spiro atoms. The van der Waals surface area contributed by atoms with Crippen LogP contribution in [-0.4, -0.2) is 58.5 Å². The molecule has 0 radical (unpaired) electrons. The van der Waals surface area contributed by atoms with E-state index >= 15 is 0 Å². The third-order valence-electron chi connectivity index (χ3n) is 1.73. The Hall–Kier alpha value is -0.180. The molecule has 6 nitrogen and oxygen atoms in total. The molecule has 0 rings (SSSR count). The van der Waals surface area contributed by atoms with Gasteiger partial charge >= 0.3 is 0 Å². The maximum absolute atomic E-state index is 11.5. The second kappa shape index (κ2) is 5.24. The van der Waals surface area contributed by atoms with E-state index in [1.807, 2.05) is 0 Å². The van der Waals surface area contributed by atoms with Crippen LogP contribution in [0.25, 0.3) is 0 Å². The molecule has 0 heterocycles. The lowest BCUT2D eigenvalue weighted by Crippen LogP contribution is -2.39. The van der Waals surface area contributed by atoms with Gasteiger partial charge in [-0.1, -0.05) is 0 Å². The highest BCUT2D eigenvalue weighted by Gasteiger charge is 2.20. The molecule has 0 fully saturated rings. The maximum atomic E-state index is 11.5. The van der Waals surface area contributed by atoms with E-state index in [-0.39, 0.29) is 18.3 Å². The van der Waals surface area contributed by atoms with Crippen LogP contribution in [0.1, 0.15) is 6.92 Å². The Morgan fingerprint density at radius 1 is 1.20 bits per heavy atom. The van der Waals surface area contributed by atoms with Gasteiger partial charge in [-0.2, -0.15) is 0 Å². The molecule has 1 unspecified atom stereocenters. The summed E-state index contributed by atoms with van der Waals surface area (Å²) < 4.78 is 45.8. The fraction of sp³-hybridized carbons (Fsp3) is 1.00. The van der Waals surface area contributed by atoms with Gasteiger partial charge in [0.1, 0.15) is 9.84 Å². The Morgan fingerprint density at radius 2 is 1.67 bits per heavy atom. The summed E-state index contributed by atoms with van der Waals surface area (Å²) in [4.78, 5) is 0. The molecule has 0 aromatic heterocycles. The molecular weight excluding hydrogens is 240 g/mol. The van der Waals surface area contributed by atoms with E-state index < -0.39 is 25.6 Å². The molecule has 2 N–H and O–H groups in total. The van der Waals surface area contributed by atoms with Crippen LogP contribution in [0.3, 0.4) is 0 Å². The van der Waals surface area contributed by atoms with E-state index in [4.69, 9.17) is 5.73 Å². The second-order valence-electron chi connectivity index (χ2n) is 3.70. The number of rotatable bonds is 6. The zero-order valence-corrected chi connectivity index (χ0v) is 10.8. The molecular formula is C7H18N2O4S2. The Morgan fingerprint density at radius 3 is 2.00 bits per heavy atom. The highest BCUT2D eigenvalue weighted by molar-refractivity contribution is 7.93. The molecule has 0 aliphatic heterocycles. The van der Waals surface area contributed by atoms with Crippen LogP contribution in [0.15, 0.2) is 0 Å². The Labute approximate surface area is 91.4 Å². The zero-order chi connectivity index (χ0) is 12.3. The number of sulfonamides is 1. The average Bonchev–Trinajstić information content (AvgIpc) is 1.98. The van der Waals surface area contributed by atoms with Crippen molar-refractivity contribution >= 4 is 19.9 Å². The molecule has 0 saturated carbocycles. The molecule has 15 heavy (non-hydrogen) atoms. The van der Waals surface area contributed by atoms with E-state index in [1.165, 1.54) is 7.05 Å². The molecule has 0 saturated heterocycles. The van der Waals surface area contributed by atoms with Gasteiger partial charge in [-0.15, -0.1) is 0 Å². The highest BCUT2D eigenvalue weighted by Crippen LogP contribution is 2.00. The molecule has 0 aromatic rings. The van der Waals surface area contributed by atoms with E-state index in [0.717, 1.165) is 10.6 Å². The fourth-order valence-electron chi connectivity index (χ4n) is 0.932. The smallest absolute Gasteiger partial charge is 0.214 e. The van der Waals surface area contributed by atoms with E-state index in [0.29, 0.717) is 0 Å². The monoisotopic (exact) mass is 258 g/mol. The third kappa shape index (κ3) is 6.82. The van der Waals surface area contributed by atoms with Crippen molar-refractivity contribution in [3.63, 3.8) is 0 Å². The van der Waals surface area contributed by atoms with Gasteiger partial charge in [0.05, 0.1) is 11.5 Å². The normalized spacial score (nSPS) is 15.5. The van der Waals surface area contributed by atoms with Gasteiger partial charge in [0.15, 0.2) is 0 Å². The maximum Gasteiger partial charge on any atom is 0.214 e. The first-order valence-corrected chi connectivity index (χ1v) is 8.09. The van der Waals surface area contributed by atoms with Crippen molar-refractivity contribution in [2.24, 2.45) is 5.73 Å². The molecule has 92 valence electrons. The number of nitrogens with two attached hydrogens (primary N) is 1. The molecule has 0 aromatic carbocycles.